The number of hydrogen-bond acceptors (Lipinski definition) is 3. The molecule has 0 bridgehead atoms. The van der Waals surface area contributed by atoms with Crippen LogP contribution in [0.4, 0.5) is 5.69 Å². The average molecular weight is 351 g/mol. The van der Waals surface area contributed by atoms with Gasteiger partial charge < -0.3 is 14.6 Å². The highest BCUT2D eigenvalue weighted by Gasteiger charge is 2.06. The van der Waals surface area contributed by atoms with Crippen molar-refractivity contribution >= 4 is 21.6 Å². The third-order valence-corrected chi connectivity index (χ3v) is 3.80. The number of pyridine rings is 1. The second-order valence-electron chi connectivity index (χ2n) is 4.86. The van der Waals surface area contributed by atoms with Crippen molar-refractivity contribution in [3.8, 4) is 0 Å². The zero-order valence-electron chi connectivity index (χ0n) is 12.2. The maximum Gasteiger partial charge on any atom is 0.250 e. The normalized spacial score (nSPS) is 12.1. The summed E-state index contributed by atoms with van der Waals surface area (Å²) in [6.07, 6.45) is 1.83. The van der Waals surface area contributed by atoms with Gasteiger partial charge in [-0.15, -0.1) is 0 Å². The van der Waals surface area contributed by atoms with Crippen LogP contribution in [0.15, 0.2) is 51.9 Å². The van der Waals surface area contributed by atoms with Crippen LogP contribution in [-0.2, 0) is 11.3 Å². The van der Waals surface area contributed by atoms with Gasteiger partial charge in [0.05, 0.1) is 12.3 Å². The minimum absolute atomic E-state index is 0.0195. The molecule has 2 aromatic rings. The fourth-order valence-electron chi connectivity index (χ4n) is 2.07. The molecule has 1 atom stereocenters. The lowest BCUT2D eigenvalue weighted by atomic mass is 10.1. The maximum atomic E-state index is 11.7. The molecular formula is C16H19BrN2O2. The van der Waals surface area contributed by atoms with E-state index in [4.69, 9.17) is 4.74 Å². The lowest BCUT2D eigenvalue weighted by molar-refractivity contribution is 0.186. The predicted octanol–water partition coefficient (Wildman–Crippen LogP) is 3.43. The van der Waals surface area contributed by atoms with Crippen molar-refractivity contribution in [2.24, 2.45) is 0 Å². The lowest BCUT2D eigenvalue weighted by Gasteiger charge is -2.17. The molecule has 0 aliphatic carbocycles. The number of aromatic nitrogens is 1. The first kappa shape index (κ1) is 15.8. The van der Waals surface area contributed by atoms with Crippen molar-refractivity contribution < 1.29 is 4.74 Å². The van der Waals surface area contributed by atoms with Crippen LogP contribution in [0.25, 0.3) is 0 Å². The van der Waals surface area contributed by atoms with Crippen molar-refractivity contribution in [2.45, 2.75) is 19.5 Å². The highest BCUT2D eigenvalue weighted by Crippen LogP contribution is 2.20. The Morgan fingerprint density at radius 1 is 1.24 bits per heavy atom. The van der Waals surface area contributed by atoms with Gasteiger partial charge in [-0.2, -0.15) is 0 Å². The molecule has 4 nitrogen and oxygen atoms in total. The third-order valence-electron chi connectivity index (χ3n) is 3.27. The van der Waals surface area contributed by atoms with Crippen LogP contribution < -0.4 is 10.9 Å². The van der Waals surface area contributed by atoms with Crippen molar-refractivity contribution in [1.82, 2.24) is 4.57 Å². The zero-order chi connectivity index (χ0) is 15.2. The Labute approximate surface area is 132 Å². The number of rotatable bonds is 6. The average Bonchev–Trinajstić information content (AvgIpc) is 2.48. The number of methoxy groups -OCH3 is 1. The van der Waals surface area contributed by atoms with Crippen LogP contribution in [0.5, 0.6) is 0 Å². The second kappa shape index (κ2) is 7.43. The molecule has 0 radical (unpaired) electrons. The minimum Gasteiger partial charge on any atom is -0.383 e. The molecule has 1 aromatic heterocycles. The summed E-state index contributed by atoms with van der Waals surface area (Å²) in [4.78, 5) is 11.7. The summed E-state index contributed by atoms with van der Waals surface area (Å²) in [6, 6.07) is 11.7. The number of ether oxygens (including phenoxy) is 1. The van der Waals surface area contributed by atoms with Gasteiger partial charge in [0.1, 0.15) is 0 Å². The van der Waals surface area contributed by atoms with E-state index in [1.54, 1.807) is 23.8 Å². The van der Waals surface area contributed by atoms with E-state index in [1.807, 2.05) is 18.3 Å². The Morgan fingerprint density at radius 2 is 1.95 bits per heavy atom. The van der Waals surface area contributed by atoms with Crippen LogP contribution in [-0.4, -0.2) is 18.3 Å². The molecule has 0 fully saturated rings. The highest BCUT2D eigenvalue weighted by molar-refractivity contribution is 9.10. The monoisotopic (exact) mass is 350 g/mol. The molecular weight excluding hydrogens is 332 g/mol. The van der Waals surface area contributed by atoms with Gasteiger partial charge >= 0.3 is 0 Å². The number of benzene rings is 1. The Hall–Kier alpha value is -1.59. The third kappa shape index (κ3) is 4.44. The summed E-state index contributed by atoms with van der Waals surface area (Å²) in [5.74, 6) is 0. The summed E-state index contributed by atoms with van der Waals surface area (Å²) in [6.45, 7) is 3.16. The summed E-state index contributed by atoms with van der Waals surface area (Å²) in [5, 5.41) is 3.41. The van der Waals surface area contributed by atoms with Crippen LogP contribution >= 0.6 is 15.9 Å². The summed E-state index contributed by atoms with van der Waals surface area (Å²) in [7, 11) is 1.63. The van der Waals surface area contributed by atoms with Crippen LogP contribution in [0.2, 0.25) is 0 Å². The smallest absolute Gasteiger partial charge is 0.250 e. The fourth-order valence-corrected chi connectivity index (χ4v) is 2.33. The first-order chi connectivity index (χ1) is 10.1. The van der Waals surface area contributed by atoms with Gasteiger partial charge in [0.25, 0.3) is 5.56 Å². The van der Waals surface area contributed by atoms with E-state index >= 15 is 0 Å². The molecule has 1 heterocycles. The first-order valence-corrected chi connectivity index (χ1v) is 7.61. The maximum absolute atomic E-state index is 11.7. The predicted molar refractivity (Wildman–Crippen MR) is 88.8 cm³/mol. The fraction of sp³-hybridized carbons (Fsp3) is 0.312. The molecule has 0 aliphatic rings. The molecule has 112 valence electrons. The van der Waals surface area contributed by atoms with E-state index in [-0.39, 0.29) is 11.6 Å². The van der Waals surface area contributed by atoms with E-state index in [1.165, 1.54) is 5.56 Å². The molecule has 0 spiro atoms. The SMILES string of the molecule is COCCn1cc(NC(C)c2ccc(Br)cc2)ccc1=O. The molecule has 21 heavy (non-hydrogen) atoms. The number of hydrogen-bond donors (Lipinski definition) is 1. The van der Waals surface area contributed by atoms with Gasteiger partial charge in [-0.1, -0.05) is 28.1 Å². The largest absolute Gasteiger partial charge is 0.383 e. The Bertz CT molecular complexity index is 637. The Balaban J connectivity index is 2.11. The molecule has 0 saturated carbocycles. The topological polar surface area (TPSA) is 43.3 Å². The van der Waals surface area contributed by atoms with Gasteiger partial charge in [0.2, 0.25) is 0 Å². The van der Waals surface area contributed by atoms with Crippen LogP contribution in [0.3, 0.4) is 0 Å². The van der Waals surface area contributed by atoms with Crippen molar-refractivity contribution in [3.63, 3.8) is 0 Å². The summed E-state index contributed by atoms with van der Waals surface area (Å²) >= 11 is 3.43. The minimum atomic E-state index is -0.0195. The van der Waals surface area contributed by atoms with Gasteiger partial charge in [-0.25, -0.2) is 0 Å². The van der Waals surface area contributed by atoms with E-state index in [0.29, 0.717) is 13.2 Å². The Morgan fingerprint density at radius 3 is 2.62 bits per heavy atom. The van der Waals surface area contributed by atoms with Crippen molar-refractivity contribution in [3.05, 3.63) is 63.0 Å². The van der Waals surface area contributed by atoms with Crippen molar-refractivity contribution in [1.29, 1.82) is 0 Å². The zero-order valence-corrected chi connectivity index (χ0v) is 13.8. The van der Waals surface area contributed by atoms with E-state index in [9.17, 15) is 4.79 Å². The van der Waals surface area contributed by atoms with Crippen LogP contribution in [0.1, 0.15) is 18.5 Å². The number of halogens is 1. The van der Waals surface area contributed by atoms with Crippen molar-refractivity contribution in [2.75, 3.05) is 19.0 Å². The molecule has 0 amide bonds. The summed E-state index contributed by atoms with van der Waals surface area (Å²) in [5.41, 5.74) is 2.09. The van der Waals surface area contributed by atoms with E-state index in [2.05, 4.69) is 40.3 Å². The highest BCUT2D eigenvalue weighted by atomic mass is 79.9. The van der Waals surface area contributed by atoms with Gasteiger partial charge in [-0.3, -0.25) is 4.79 Å². The number of nitrogens with zero attached hydrogens (tertiary/aromatic N) is 1. The van der Waals surface area contributed by atoms with E-state index in [0.717, 1.165) is 10.2 Å². The molecule has 1 unspecified atom stereocenters. The summed E-state index contributed by atoms with van der Waals surface area (Å²) < 4.78 is 7.73. The first-order valence-electron chi connectivity index (χ1n) is 6.81. The van der Waals surface area contributed by atoms with Gasteiger partial charge in [0.15, 0.2) is 0 Å². The molecule has 5 heteroatoms. The lowest BCUT2D eigenvalue weighted by Crippen LogP contribution is -2.21. The number of anilines is 1. The quantitative estimate of drug-likeness (QED) is 0.867. The second-order valence-corrected chi connectivity index (χ2v) is 5.78. The van der Waals surface area contributed by atoms with Crippen LogP contribution in [0, 0.1) is 0 Å². The molecule has 0 saturated heterocycles. The Kier molecular flexibility index (Phi) is 5.59. The van der Waals surface area contributed by atoms with E-state index < -0.39 is 0 Å². The number of nitrogens with one attached hydrogen (secondary N) is 1. The van der Waals surface area contributed by atoms with Gasteiger partial charge in [0, 0.05) is 36.4 Å². The molecule has 1 N–H and O–H groups in total. The molecule has 1 aromatic carbocycles. The standard InChI is InChI=1S/C16H19BrN2O2/c1-12(13-3-5-14(17)6-4-13)18-15-7-8-16(20)19(11-15)9-10-21-2/h3-8,11-12,18H,9-10H2,1-2H3. The van der Waals surface area contributed by atoms with Gasteiger partial charge in [-0.05, 0) is 30.7 Å². The molecule has 2 rings (SSSR count). The molecule has 0 aliphatic heterocycles.